The SMILES string of the molecule is CC(C)OC(=O)N(C)CCN(C)C(=O)OCc1ccc(NC(=O)[C@H](CCCNC(N)=O)NC(=O)[C@H](NC(=O)CCCCCN2C(=O)CC(C(C)C)C2=O)C(C)C)cc1. The third-order valence-electron chi connectivity index (χ3n) is 9.55. The number of unbranched alkanes of at least 4 members (excludes halogenated alkanes) is 2. The van der Waals surface area contributed by atoms with Crippen molar-refractivity contribution in [3.8, 4) is 0 Å². The van der Waals surface area contributed by atoms with Gasteiger partial charge in [-0.3, -0.25) is 28.9 Å². The highest BCUT2D eigenvalue weighted by Gasteiger charge is 2.39. The van der Waals surface area contributed by atoms with Crippen molar-refractivity contribution >= 4 is 53.4 Å². The second-order valence-corrected chi connectivity index (χ2v) is 15.5. The molecule has 1 fully saturated rings. The number of anilines is 1. The zero-order valence-electron chi connectivity index (χ0n) is 35.3. The molecule has 1 aliphatic rings. The average molecular weight is 817 g/mol. The number of primary amides is 1. The maximum absolute atomic E-state index is 13.5. The van der Waals surface area contributed by atoms with Gasteiger partial charge >= 0.3 is 18.2 Å². The van der Waals surface area contributed by atoms with Gasteiger partial charge in [-0.15, -0.1) is 0 Å². The Balaban J connectivity index is 1.92. The molecule has 0 aliphatic carbocycles. The molecule has 0 bridgehead atoms. The number of rotatable bonds is 23. The van der Waals surface area contributed by atoms with Crippen molar-refractivity contribution in [3.63, 3.8) is 0 Å². The first-order chi connectivity index (χ1) is 27.3. The summed E-state index contributed by atoms with van der Waals surface area (Å²) in [7, 11) is 3.13. The minimum absolute atomic E-state index is 0.0457. The number of likely N-dealkylation sites (N-methyl/N-ethyl adjacent to an activating group) is 2. The van der Waals surface area contributed by atoms with Crippen molar-refractivity contribution in [2.75, 3.05) is 45.6 Å². The van der Waals surface area contributed by atoms with Crippen LogP contribution in [0.4, 0.5) is 20.1 Å². The van der Waals surface area contributed by atoms with Crippen LogP contribution >= 0.6 is 0 Å². The number of nitrogens with zero attached hydrogens (tertiary/aromatic N) is 3. The van der Waals surface area contributed by atoms with Gasteiger partial charge in [0.25, 0.3) is 0 Å². The summed E-state index contributed by atoms with van der Waals surface area (Å²) in [5.74, 6) is -2.23. The Kier molecular flexibility index (Phi) is 20.5. The van der Waals surface area contributed by atoms with Crippen molar-refractivity contribution < 1.29 is 47.8 Å². The second-order valence-electron chi connectivity index (χ2n) is 15.5. The molecule has 3 atom stereocenters. The van der Waals surface area contributed by atoms with Crippen molar-refractivity contribution in [2.24, 2.45) is 23.5 Å². The summed E-state index contributed by atoms with van der Waals surface area (Å²) < 4.78 is 10.5. The molecule has 6 N–H and O–H groups in total. The highest BCUT2D eigenvalue weighted by molar-refractivity contribution is 6.03. The lowest BCUT2D eigenvalue weighted by Crippen LogP contribution is -2.54. The van der Waals surface area contributed by atoms with Gasteiger partial charge in [0.05, 0.1) is 6.10 Å². The van der Waals surface area contributed by atoms with E-state index in [2.05, 4.69) is 21.3 Å². The van der Waals surface area contributed by atoms with Crippen LogP contribution in [0.2, 0.25) is 0 Å². The lowest BCUT2D eigenvalue weighted by atomic mass is 9.94. The van der Waals surface area contributed by atoms with E-state index in [-0.39, 0.29) is 87.1 Å². The number of urea groups is 1. The first kappa shape index (κ1) is 48.7. The molecule has 0 radical (unpaired) electrons. The Hall–Kier alpha value is -5.42. The summed E-state index contributed by atoms with van der Waals surface area (Å²) in [6.45, 7) is 11.8. The Morgan fingerprint density at radius 2 is 1.48 bits per heavy atom. The minimum atomic E-state index is -1.03. The van der Waals surface area contributed by atoms with Gasteiger partial charge in [-0.05, 0) is 69.1 Å². The molecule has 0 aromatic heterocycles. The Bertz CT molecular complexity index is 1570. The van der Waals surface area contributed by atoms with Gasteiger partial charge in [-0.25, -0.2) is 14.4 Å². The van der Waals surface area contributed by atoms with E-state index in [1.807, 2.05) is 13.8 Å². The summed E-state index contributed by atoms with van der Waals surface area (Å²) in [5, 5.41) is 10.8. The molecular formula is C40H64N8O10. The number of nitrogens with one attached hydrogen (secondary N) is 4. The smallest absolute Gasteiger partial charge is 0.409 e. The summed E-state index contributed by atoms with van der Waals surface area (Å²) in [6, 6.07) is 3.87. The van der Waals surface area contributed by atoms with Crippen LogP contribution < -0.4 is 27.0 Å². The van der Waals surface area contributed by atoms with E-state index in [0.717, 1.165) is 0 Å². The molecule has 0 saturated carbocycles. The lowest BCUT2D eigenvalue weighted by Gasteiger charge is -2.25. The Morgan fingerprint density at radius 1 is 0.845 bits per heavy atom. The lowest BCUT2D eigenvalue weighted by molar-refractivity contribution is -0.140. The number of hydrogen-bond acceptors (Lipinski definition) is 10. The number of amides is 9. The molecule has 58 heavy (non-hydrogen) atoms. The number of benzene rings is 1. The predicted octanol–water partition coefficient (Wildman–Crippen LogP) is 3.34. The van der Waals surface area contributed by atoms with Gasteiger partial charge in [0.15, 0.2) is 0 Å². The zero-order valence-corrected chi connectivity index (χ0v) is 35.3. The van der Waals surface area contributed by atoms with Crippen LogP contribution in [0.15, 0.2) is 24.3 Å². The normalized spacial score (nSPS) is 14.9. The van der Waals surface area contributed by atoms with Gasteiger partial charge in [0.1, 0.15) is 18.7 Å². The first-order valence-electron chi connectivity index (χ1n) is 20.0. The number of likely N-dealkylation sites (tertiary alicyclic amines) is 1. The molecule has 1 unspecified atom stereocenters. The van der Waals surface area contributed by atoms with Crippen LogP contribution in [0.25, 0.3) is 0 Å². The fourth-order valence-electron chi connectivity index (χ4n) is 5.97. The summed E-state index contributed by atoms with van der Waals surface area (Å²) in [5.41, 5.74) is 6.23. The van der Waals surface area contributed by atoms with E-state index in [9.17, 15) is 38.4 Å². The maximum Gasteiger partial charge on any atom is 0.409 e. The van der Waals surface area contributed by atoms with E-state index in [1.165, 1.54) is 14.7 Å². The van der Waals surface area contributed by atoms with Crippen molar-refractivity contribution in [3.05, 3.63) is 29.8 Å². The molecule has 1 heterocycles. The molecule has 1 aromatic rings. The number of nitrogens with two attached hydrogens (primary N) is 1. The molecule has 18 heteroatoms. The van der Waals surface area contributed by atoms with Gasteiger partial charge < -0.3 is 46.3 Å². The summed E-state index contributed by atoms with van der Waals surface area (Å²) >= 11 is 0. The third-order valence-corrected chi connectivity index (χ3v) is 9.55. The number of imide groups is 1. The molecule has 9 amide bonds. The maximum atomic E-state index is 13.5. The number of carbonyl (C=O) groups excluding carboxylic acids is 8. The van der Waals surface area contributed by atoms with Crippen LogP contribution in [-0.4, -0.2) is 121 Å². The molecule has 1 aromatic carbocycles. The number of ether oxygens (including phenoxy) is 2. The van der Waals surface area contributed by atoms with Crippen LogP contribution in [0, 0.1) is 17.8 Å². The zero-order chi connectivity index (χ0) is 43.5. The molecule has 324 valence electrons. The van der Waals surface area contributed by atoms with Crippen LogP contribution in [0.5, 0.6) is 0 Å². The molecular weight excluding hydrogens is 752 g/mol. The van der Waals surface area contributed by atoms with E-state index >= 15 is 0 Å². The van der Waals surface area contributed by atoms with Crippen LogP contribution in [0.1, 0.15) is 92.1 Å². The van der Waals surface area contributed by atoms with E-state index < -0.39 is 42.1 Å². The van der Waals surface area contributed by atoms with Gasteiger partial charge in [-0.1, -0.05) is 46.2 Å². The largest absolute Gasteiger partial charge is 0.447 e. The van der Waals surface area contributed by atoms with E-state index in [4.69, 9.17) is 15.2 Å². The minimum Gasteiger partial charge on any atom is -0.447 e. The fraction of sp³-hybridized carbons (Fsp3) is 0.650. The van der Waals surface area contributed by atoms with Crippen LogP contribution in [0.3, 0.4) is 0 Å². The Morgan fingerprint density at radius 3 is 2.05 bits per heavy atom. The molecule has 1 aliphatic heterocycles. The topological polar surface area (TPSA) is 239 Å². The van der Waals surface area contributed by atoms with E-state index in [0.29, 0.717) is 43.5 Å². The molecule has 0 spiro atoms. The molecule has 2 rings (SSSR count). The van der Waals surface area contributed by atoms with Crippen molar-refractivity contribution in [1.82, 2.24) is 30.7 Å². The van der Waals surface area contributed by atoms with Crippen molar-refractivity contribution in [1.29, 1.82) is 0 Å². The monoisotopic (exact) mass is 816 g/mol. The van der Waals surface area contributed by atoms with Crippen LogP contribution in [-0.2, 0) is 40.1 Å². The van der Waals surface area contributed by atoms with Crippen molar-refractivity contribution in [2.45, 2.75) is 111 Å². The fourth-order valence-corrected chi connectivity index (χ4v) is 5.97. The Labute approximate surface area is 341 Å². The second kappa shape index (κ2) is 24.4. The highest BCUT2D eigenvalue weighted by atomic mass is 16.6. The molecule has 18 nitrogen and oxygen atoms in total. The van der Waals surface area contributed by atoms with Gasteiger partial charge in [-0.2, -0.15) is 0 Å². The summed E-state index contributed by atoms with van der Waals surface area (Å²) in [4.78, 5) is 104. The highest BCUT2D eigenvalue weighted by Crippen LogP contribution is 2.26. The third kappa shape index (κ3) is 17.0. The molecule has 1 saturated heterocycles. The van der Waals surface area contributed by atoms with Gasteiger partial charge in [0.2, 0.25) is 29.5 Å². The average Bonchev–Trinajstić information content (AvgIpc) is 3.44. The summed E-state index contributed by atoms with van der Waals surface area (Å²) in [6.07, 6.45) is 1.15. The quantitative estimate of drug-likeness (QED) is 0.0798. The van der Waals surface area contributed by atoms with Gasteiger partial charge in [0, 0.05) is 64.7 Å². The standard InChI is InChI=1S/C40H64N8O10/c1-25(2)30-23-33(50)48(37(30)53)20-11-9-10-14-32(49)45-34(26(3)4)36(52)44-31(13-12-19-42-38(41)54)35(51)43-29-17-15-28(16-18-29)24-57-39(55)46(7)21-22-47(8)40(56)58-27(5)6/h15-18,25-27,30-31,34H,9-14,19-24H2,1-8H3,(H,43,51)(H,44,52)(H,45,49)(H3,41,42,54)/t30?,31-,34+/m0/s1. The predicted molar refractivity (Wildman–Crippen MR) is 216 cm³/mol. The first-order valence-corrected chi connectivity index (χ1v) is 20.0. The number of hydrogen-bond donors (Lipinski definition) is 5. The van der Waals surface area contributed by atoms with E-state index in [1.54, 1.807) is 66.1 Å². The number of carbonyl (C=O) groups is 8.